The third-order valence-electron chi connectivity index (χ3n) is 10.5. The number of aliphatic hydroxyl groups is 1. The second-order valence-electron chi connectivity index (χ2n) is 13.2. The van der Waals surface area contributed by atoms with E-state index in [4.69, 9.17) is 14.2 Å². The summed E-state index contributed by atoms with van der Waals surface area (Å²) in [5.41, 5.74) is -0.668. The van der Waals surface area contributed by atoms with Crippen LogP contribution in [0, 0.1) is 11.8 Å². The van der Waals surface area contributed by atoms with Gasteiger partial charge in [-0.05, 0) is 25.8 Å². The largest absolute Gasteiger partial charge is 0.455 e. The number of aliphatic hydroxyl groups excluding tert-OH is 1. The Balaban J connectivity index is 1.39. The molecular formula is C35H46N4O8. The maximum absolute atomic E-state index is 14.7. The number of esters is 1. The summed E-state index contributed by atoms with van der Waals surface area (Å²) < 4.78 is 18.3. The summed E-state index contributed by atoms with van der Waals surface area (Å²) in [5.74, 6) is -3.46. The van der Waals surface area contributed by atoms with Crippen LogP contribution in [0.3, 0.4) is 0 Å². The summed E-state index contributed by atoms with van der Waals surface area (Å²) in [5, 5.41) is 10.3. The number of allylic oxidation sites excluding steroid dienone is 1. The number of likely N-dealkylation sites (N-methyl/N-ethyl adjacent to an activating group) is 1. The number of cyclic esters (lactones) is 1. The molecule has 1 spiro atoms. The number of benzene rings is 1. The SMILES string of the molecule is C[C@H](CO)N1C(=O)[C@@H]2[C@H]3C(=O)O[C@@H](c4ccccc4)[C@H](C)N(C)C(=O)CC/C=C\CN(CCN4CCOCC4)C(=O)[C@@H]1[C@]21C=C[C@H]3O1. The lowest BCUT2D eigenvalue weighted by Gasteiger charge is -2.38. The molecule has 5 aliphatic heterocycles. The molecule has 5 aliphatic rings. The molecule has 0 unspecified atom stereocenters. The fraction of sp³-hybridized carbons (Fsp3) is 0.600. The first-order chi connectivity index (χ1) is 22.7. The zero-order valence-corrected chi connectivity index (χ0v) is 27.4. The highest BCUT2D eigenvalue weighted by atomic mass is 16.6. The van der Waals surface area contributed by atoms with Crippen LogP contribution in [0.1, 0.15) is 38.4 Å². The van der Waals surface area contributed by atoms with Gasteiger partial charge in [0.1, 0.15) is 23.7 Å². The standard InChI is InChI=1S/C35H46N4O8/c1-23(22-40)39-31-33(43)38(17-16-37-18-20-45-21-19-37)15-9-5-8-12-27(41)36(3)24(2)30(25-10-6-4-7-11-25)46-34(44)28-26-13-14-35(31,47-26)29(28)32(39)42/h4-7,9-11,13-14,23-24,26,28-31,40H,8,12,15-22H2,1-3H3/b9-5-/t23-,24+,26-,28+,29+,30-,31-,35+/m1/s1. The monoisotopic (exact) mass is 650 g/mol. The third-order valence-corrected chi connectivity index (χ3v) is 10.5. The van der Waals surface area contributed by atoms with Gasteiger partial charge in [0.05, 0.1) is 43.9 Å². The van der Waals surface area contributed by atoms with Gasteiger partial charge in [0.15, 0.2) is 0 Å². The van der Waals surface area contributed by atoms with Crippen LogP contribution in [0.5, 0.6) is 0 Å². The van der Waals surface area contributed by atoms with Crippen molar-refractivity contribution in [2.45, 2.75) is 62.6 Å². The zero-order chi connectivity index (χ0) is 33.3. The van der Waals surface area contributed by atoms with E-state index >= 15 is 0 Å². The van der Waals surface area contributed by atoms with E-state index in [0.29, 0.717) is 32.7 Å². The quantitative estimate of drug-likeness (QED) is 0.356. The number of fused-ring (bicyclic) bond motifs is 2. The second kappa shape index (κ2) is 13.9. The molecule has 3 saturated heterocycles. The predicted molar refractivity (Wildman–Crippen MR) is 171 cm³/mol. The topological polar surface area (TPSA) is 129 Å². The van der Waals surface area contributed by atoms with Crippen LogP contribution in [0.15, 0.2) is 54.6 Å². The summed E-state index contributed by atoms with van der Waals surface area (Å²) >= 11 is 0. The van der Waals surface area contributed by atoms with Crippen LogP contribution >= 0.6 is 0 Å². The van der Waals surface area contributed by atoms with E-state index in [1.54, 1.807) is 35.9 Å². The van der Waals surface area contributed by atoms with Crippen LogP contribution in [0.25, 0.3) is 0 Å². The van der Waals surface area contributed by atoms with Gasteiger partial charge < -0.3 is 34.0 Å². The van der Waals surface area contributed by atoms with Gasteiger partial charge in [0.2, 0.25) is 17.7 Å². The van der Waals surface area contributed by atoms with Gasteiger partial charge in [-0.25, -0.2) is 0 Å². The first-order valence-electron chi connectivity index (χ1n) is 16.7. The van der Waals surface area contributed by atoms with Gasteiger partial charge in [-0.1, -0.05) is 54.6 Å². The van der Waals surface area contributed by atoms with Crippen LogP contribution < -0.4 is 0 Å². The number of morpholine rings is 1. The number of nitrogens with zero attached hydrogens (tertiary/aromatic N) is 4. The number of likely N-dealkylation sites (tertiary alicyclic amines) is 1. The maximum atomic E-state index is 14.7. The van der Waals surface area contributed by atoms with E-state index in [2.05, 4.69) is 4.90 Å². The first kappa shape index (κ1) is 33.3. The third kappa shape index (κ3) is 6.12. The van der Waals surface area contributed by atoms with Gasteiger partial charge in [-0.3, -0.25) is 24.1 Å². The van der Waals surface area contributed by atoms with Crippen molar-refractivity contribution in [1.29, 1.82) is 0 Å². The van der Waals surface area contributed by atoms with Crippen LogP contribution in [-0.4, -0.2) is 138 Å². The Morgan fingerprint density at radius 1 is 1.02 bits per heavy atom. The molecule has 47 heavy (non-hydrogen) atoms. The lowest BCUT2D eigenvalue weighted by Crippen LogP contribution is -2.58. The molecule has 3 fully saturated rings. The summed E-state index contributed by atoms with van der Waals surface area (Å²) in [6, 6.07) is 6.98. The molecule has 254 valence electrons. The highest BCUT2D eigenvalue weighted by Gasteiger charge is 2.74. The second-order valence-corrected chi connectivity index (χ2v) is 13.2. The number of rotatable bonds is 6. The fourth-order valence-corrected chi connectivity index (χ4v) is 7.69. The number of hydrogen-bond acceptors (Lipinski definition) is 9. The number of ether oxygens (including phenoxy) is 3. The Kier molecular flexibility index (Phi) is 9.84. The van der Waals surface area contributed by atoms with E-state index < -0.39 is 59.6 Å². The molecule has 12 nitrogen and oxygen atoms in total. The summed E-state index contributed by atoms with van der Waals surface area (Å²) in [4.78, 5) is 63.6. The number of carbonyl (C=O) groups excluding carboxylic acids is 4. The molecular weight excluding hydrogens is 604 g/mol. The highest BCUT2D eigenvalue weighted by molar-refractivity contribution is 5.99. The summed E-state index contributed by atoms with van der Waals surface area (Å²) in [7, 11) is 1.71. The van der Waals surface area contributed by atoms with Crippen LogP contribution in [-0.2, 0) is 33.4 Å². The normalized spacial score (nSPS) is 34.9. The van der Waals surface area contributed by atoms with Crippen LogP contribution in [0.2, 0.25) is 0 Å². The van der Waals surface area contributed by atoms with E-state index in [0.717, 1.165) is 18.7 Å². The van der Waals surface area contributed by atoms with Crippen molar-refractivity contribution in [3.05, 3.63) is 60.2 Å². The van der Waals surface area contributed by atoms with Gasteiger partial charge in [-0.2, -0.15) is 0 Å². The van der Waals surface area contributed by atoms with Crippen LogP contribution in [0.4, 0.5) is 0 Å². The van der Waals surface area contributed by atoms with Crippen molar-refractivity contribution >= 4 is 23.7 Å². The fourth-order valence-electron chi connectivity index (χ4n) is 7.69. The molecule has 1 aromatic carbocycles. The molecule has 5 heterocycles. The number of amides is 3. The molecule has 12 heteroatoms. The molecule has 1 N–H and O–H groups in total. The average Bonchev–Trinajstić information content (AvgIpc) is 3.74. The minimum atomic E-state index is -1.39. The van der Waals surface area contributed by atoms with Crippen molar-refractivity contribution in [3.8, 4) is 0 Å². The molecule has 8 atom stereocenters. The smallest absolute Gasteiger partial charge is 0.313 e. The van der Waals surface area contributed by atoms with Gasteiger partial charge >= 0.3 is 5.97 Å². The van der Waals surface area contributed by atoms with Crippen molar-refractivity contribution in [2.75, 3.05) is 59.6 Å². The molecule has 3 amide bonds. The molecule has 6 rings (SSSR count). The highest BCUT2D eigenvalue weighted by Crippen LogP contribution is 2.56. The van der Waals surface area contributed by atoms with Crippen molar-refractivity contribution < 1.29 is 38.5 Å². The van der Waals surface area contributed by atoms with E-state index in [1.807, 2.05) is 49.4 Å². The van der Waals surface area contributed by atoms with E-state index in [9.17, 15) is 24.3 Å². The molecule has 1 aromatic rings. The average molecular weight is 651 g/mol. The molecule has 0 aliphatic carbocycles. The minimum Gasteiger partial charge on any atom is -0.455 e. The minimum absolute atomic E-state index is 0.100. The lowest BCUT2D eigenvalue weighted by atomic mass is 9.74. The first-order valence-corrected chi connectivity index (χ1v) is 16.7. The molecule has 0 radical (unpaired) electrons. The Bertz CT molecular complexity index is 1400. The number of carbonyl (C=O) groups is 4. The van der Waals surface area contributed by atoms with E-state index in [-0.39, 0.29) is 31.4 Å². The summed E-state index contributed by atoms with van der Waals surface area (Å²) in [6.45, 7) is 7.24. The zero-order valence-electron chi connectivity index (χ0n) is 27.4. The lowest BCUT2D eigenvalue weighted by molar-refractivity contribution is -0.164. The van der Waals surface area contributed by atoms with Gasteiger partial charge in [0.25, 0.3) is 0 Å². The van der Waals surface area contributed by atoms with Gasteiger partial charge in [0, 0.05) is 46.2 Å². The van der Waals surface area contributed by atoms with Crippen molar-refractivity contribution in [3.63, 3.8) is 0 Å². The predicted octanol–water partition coefficient (Wildman–Crippen LogP) is 1.16. The Hall–Kier alpha value is -3.58. The van der Waals surface area contributed by atoms with E-state index in [1.165, 1.54) is 4.90 Å². The Labute approximate surface area is 275 Å². The molecule has 0 aromatic heterocycles. The Morgan fingerprint density at radius 3 is 2.49 bits per heavy atom. The number of hydrogen-bond donors (Lipinski definition) is 1. The molecule has 0 saturated carbocycles. The molecule has 5 bridgehead atoms. The Morgan fingerprint density at radius 2 is 1.77 bits per heavy atom. The maximum Gasteiger partial charge on any atom is 0.313 e. The van der Waals surface area contributed by atoms with Crippen molar-refractivity contribution in [1.82, 2.24) is 19.6 Å². The summed E-state index contributed by atoms with van der Waals surface area (Å²) in [6.07, 6.45) is 6.47. The van der Waals surface area contributed by atoms with Crippen molar-refractivity contribution in [2.24, 2.45) is 11.8 Å². The van der Waals surface area contributed by atoms with Gasteiger partial charge in [-0.15, -0.1) is 0 Å².